The van der Waals surface area contributed by atoms with Crippen LogP contribution in [-0.4, -0.2) is 30.8 Å². The molecule has 2 rings (SSSR count). The van der Waals surface area contributed by atoms with E-state index in [1.54, 1.807) is 19.5 Å². The number of ether oxygens (including phenoxy) is 1. The first-order valence-electron chi connectivity index (χ1n) is 5.60. The van der Waals surface area contributed by atoms with Crippen LogP contribution in [0.1, 0.15) is 18.4 Å². The number of halogens is 1. The summed E-state index contributed by atoms with van der Waals surface area (Å²) < 4.78 is 5.72. The molecule has 0 atom stereocenters. The van der Waals surface area contributed by atoms with Crippen molar-refractivity contribution in [2.75, 3.05) is 20.2 Å². The lowest BCUT2D eigenvalue weighted by Crippen LogP contribution is -2.45. The van der Waals surface area contributed by atoms with Gasteiger partial charge < -0.3 is 10.1 Å². The number of hydrogen-bond donors (Lipinski definition) is 1. The zero-order valence-electron chi connectivity index (χ0n) is 9.50. The normalized spacial score (nSPS) is 19.6. The van der Waals surface area contributed by atoms with Crippen molar-refractivity contribution in [3.63, 3.8) is 0 Å². The maximum absolute atomic E-state index is 6.13. The Labute approximate surface area is 101 Å². The zero-order valence-corrected chi connectivity index (χ0v) is 10.3. The molecule has 1 aliphatic heterocycles. The largest absolute Gasteiger partial charge is 0.378 e. The number of nitrogens with one attached hydrogen (secondary N) is 1. The molecule has 0 unspecified atom stereocenters. The summed E-state index contributed by atoms with van der Waals surface area (Å²) in [4.78, 5) is 4.00. The van der Waals surface area contributed by atoms with Crippen molar-refractivity contribution in [1.82, 2.24) is 10.3 Å². The number of hydrogen-bond acceptors (Lipinski definition) is 3. The molecule has 0 saturated carbocycles. The van der Waals surface area contributed by atoms with E-state index < -0.39 is 0 Å². The van der Waals surface area contributed by atoms with Gasteiger partial charge >= 0.3 is 0 Å². The summed E-state index contributed by atoms with van der Waals surface area (Å²) in [5.74, 6) is 0. The van der Waals surface area contributed by atoms with Gasteiger partial charge in [-0.3, -0.25) is 4.98 Å². The van der Waals surface area contributed by atoms with Crippen molar-refractivity contribution >= 4 is 11.6 Å². The van der Waals surface area contributed by atoms with Crippen LogP contribution in [0.5, 0.6) is 0 Å². The summed E-state index contributed by atoms with van der Waals surface area (Å²) >= 11 is 6.13. The van der Waals surface area contributed by atoms with E-state index in [2.05, 4.69) is 10.3 Å². The number of nitrogens with zero attached hydrogens (tertiary/aromatic N) is 1. The Morgan fingerprint density at radius 1 is 1.50 bits per heavy atom. The van der Waals surface area contributed by atoms with Crippen molar-refractivity contribution in [1.29, 1.82) is 0 Å². The molecule has 3 nitrogen and oxygen atoms in total. The Balaban J connectivity index is 2.15. The van der Waals surface area contributed by atoms with Gasteiger partial charge in [0.25, 0.3) is 0 Å². The topological polar surface area (TPSA) is 34.1 Å². The predicted molar refractivity (Wildman–Crippen MR) is 64.8 cm³/mol. The Morgan fingerprint density at radius 2 is 2.25 bits per heavy atom. The molecule has 1 aliphatic rings. The van der Waals surface area contributed by atoms with E-state index in [0.29, 0.717) is 0 Å². The first-order chi connectivity index (χ1) is 7.76. The minimum absolute atomic E-state index is 0.0593. The summed E-state index contributed by atoms with van der Waals surface area (Å²) in [5, 5.41) is 4.08. The van der Waals surface area contributed by atoms with Gasteiger partial charge in [-0.1, -0.05) is 11.6 Å². The lowest BCUT2D eigenvalue weighted by atomic mass is 9.86. The Morgan fingerprint density at radius 3 is 2.88 bits per heavy atom. The van der Waals surface area contributed by atoms with Crippen molar-refractivity contribution in [2.45, 2.75) is 24.9 Å². The van der Waals surface area contributed by atoms with E-state index in [4.69, 9.17) is 16.3 Å². The summed E-state index contributed by atoms with van der Waals surface area (Å²) in [7, 11) is 1.79. The van der Waals surface area contributed by atoms with E-state index >= 15 is 0 Å². The average molecular weight is 241 g/mol. The molecule has 1 fully saturated rings. The molecule has 16 heavy (non-hydrogen) atoms. The van der Waals surface area contributed by atoms with Crippen molar-refractivity contribution in [2.24, 2.45) is 0 Å². The Bertz CT molecular complexity index is 351. The van der Waals surface area contributed by atoms with Crippen LogP contribution in [0.25, 0.3) is 0 Å². The first kappa shape index (κ1) is 11.8. The van der Waals surface area contributed by atoms with Gasteiger partial charge in [0.2, 0.25) is 0 Å². The highest BCUT2D eigenvalue weighted by atomic mass is 35.5. The van der Waals surface area contributed by atoms with Crippen LogP contribution >= 0.6 is 11.6 Å². The molecular formula is C12H17ClN2O. The molecule has 88 valence electrons. The Kier molecular flexibility index (Phi) is 3.79. The van der Waals surface area contributed by atoms with Gasteiger partial charge in [0.15, 0.2) is 0 Å². The van der Waals surface area contributed by atoms with Crippen molar-refractivity contribution in [3.8, 4) is 0 Å². The highest BCUT2D eigenvalue weighted by Crippen LogP contribution is 2.29. The van der Waals surface area contributed by atoms with Gasteiger partial charge in [0.1, 0.15) is 0 Å². The number of methoxy groups -OCH3 is 1. The third kappa shape index (κ3) is 2.54. The summed E-state index contributed by atoms with van der Waals surface area (Å²) in [6.45, 7) is 2.02. The van der Waals surface area contributed by atoms with Gasteiger partial charge in [0.05, 0.1) is 10.6 Å². The second-order valence-corrected chi connectivity index (χ2v) is 4.69. The SMILES string of the molecule is COC1(Cc2ccncc2Cl)CCNCC1. The van der Waals surface area contributed by atoms with Gasteiger partial charge in [-0.05, 0) is 37.6 Å². The van der Waals surface area contributed by atoms with Crippen molar-refractivity contribution < 1.29 is 4.74 Å². The second kappa shape index (κ2) is 5.13. The fraction of sp³-hybridized carbons (Fsp3) is 0.583. The van der Waals surface area contributed by atoms with Gasteiger partial charge in [-0.15, -0.1) is 0 Å². The van der Waals surface area contributed by atoms with E-state index in [9.17, 15) is 0 Å². The number of aromatic nitrogens is 1. The molecule has 0 bridgehead atoms. The molecule has 0 aromatic carbocycles. The van der Waals surface area contributed by atoms with E-state index in [-0.39, 0.29) is 5.60 Å². The molecule has 0 amide bonds. The third-order valence-corrected chi connectivity index (χ3v) is 3.66. The molecule has 0 radical (unpaired) electrons. The predicted octanol–water partition coefficient (Wildman–Crippen LogP) is 2.05. The smallest absolute Gasteiger partial charge is 0.0743 e. The third-order valence-electron chi connectivity index (χ3n) is 3.32. The Hall–Kier alpha value is -0.640. The lowest BCUT2D eigenvalue weighted by molar-refractivity contribution is -0.0333. The van der Waals surface area contributed by atoms with Gasteiger partial charge in [0, 0.05) is 25.9 Å². The minimum atomic E-state index is -0.0593. The van der Waals surface area contributed by atoms with Crippen LogP contribution in [0.4, 0.5) is 0 Å². The van der Waals surface area contributed by atoms with E-state index in [0.717, 1.165) is 42.9 Å². The van der Waals surface area contributed by atoms with Crippen LogP contribution in [-0.2, 0) is 11.2 Å². The molecule has 1 saturated heterocycles. The van der Waals surface area contributed by atoms with Gasteiger partial charge in [-0.2, -0.15) is 0 Å². The molecule has 1 aromatic heterocycles. The standard InChI is InChI=1S/C12H17ClN2O/c1-16-12(3-6-14-7-4-12)8-10-2-5-15-9-11(10)13/h2,5,9,14H,3-4,6-8H2,1H3. The van der Waals surface area contributed by atoms with Crippen LogP contribution in [0, 0.1) is 0 Å². The van der Waals surface area contributed by atoms with Crippen LogP contribution in [0.2, 0.25) is 5.02 Å². The quantitative estimate of drug-likeness (QED) is 0.878. The molecule has 4 heteroatoms. The fourth-order valence-electron chi connectivity index (χ4n) is 2.23. The fourth-order valence-corrected chi connectivity index (χ4v) is 2.42. The number of rotatable bonds is 3. The average Bonchev–Trinajstić information content (AvgIpc) is 2.33. The van der Waals surface area contributed by atoms with Crippen molar-refractivity contribution in [3.05, 3.63) is 29.0 Å². The summed E-state index contributed by atoms with van der Waals surface area (Å²) in [6, 6.07) is 1.98. The number of piperidine rings is 1. The molecule has 1 aromatic rings. The maximum Gasteiger partial charge on any atom is 0.0743 e. The van der Waals surface area contributed by atoms with E-state index in [1.807, 2.05) is 6.07 Å². The summed E-state index contributed by atoms with van der Waals surface area (Å²) in [5.41, 5.74) is 1.07. The maximum atomic E-state index is 6.13. The molecule has 1 N–H and O–H groups in total. The lowest BCUT2D eigenvalue weighted by Gasteiger charge is -2.36. The highest BCUT2D eigenvalue weighted by molar-refractivity contribution is 6.31. The molecule has 2 heterocycles. The van der Waals surface area contributed by atoms with E-state index in [1.165, 1.54) is 0 Å². The van der Waals surface area contributed by atoms with Crippen LogP contribution < -0.4 is 5.32 Å². The van der Waals surface area contributed by atoms with Crippen LogP contribution in [0.3, 0.4) is 0 Å². The second-order valence-electron chi connectivity index (χ2n) is 4.28. The molecular weight excluding hydrogens is 224 g/mol. The first-order valence-corrected chi connectivity index (χ1v) is 5.98. The minimum Gasteiger partial charge on any atom is -0.378 e. The zero-order chi connectivity index (χ0) is 11.4. The molecule has 0 spiro atoms. The monoisotopic (exact) mass is 240 g/mol. The highest BCUT2D eigenvalue weighted by Gasteiger charge is 2.32. The summed E-state index contributed by atoms with van der Waals surface area (Å²) in [6.07, 6.45) is 6.41. The number of pyridine rings is 1. The van der Waals surface area contributed by atoms with Gasteiger partial charge in [-0.25, -0.2) is 0 Å². The molecule has 0 aliphatic carbocycles. The van der Waals surface area contributed by atoms with Crippen LogP contribution in [0.15, 0.2) is 18.5 Å².